The Hall–Kier alpha value is -2.21. The molecule has 0 N–H and O–H groups in total. The summed E-state index contributed by atoms with van der Waals surface area (Å²) in [5, 5.41) is 8.92. The lowest BCUT2D eigenvalue weighted by Crippen LogP contribution is -2.07. The number of hydrogen-bond acceptors (Lipinski definition) is 5. The summed E-state index contributed by atoms with van der Waals surface area (Å²) in [7, 11) is 1.37. The number of nitrogens with zero attached hydrogens (tertiary/aromatic N) is 4. The first-order valence-electron chi connectivity index (χ1n) is 8.03. The average molecular weight is 345 g/mol. The highest BCUT2D eigenvalue weighted by molar-refractivity contribution is 6.32. The number of carbonyl (C=O) groups is 1. The Morgan fingerprint density at radius 3 is 2.75 bits per heavy atom. The maximum Gasteiger partial charge on any atom is 0.338 e. The average Bonchev–Trinajstić information content (AvgIpc) is 3.23. The van der Waals surface area contributed by atoms with Crippen LogP contribution in [0, 0.1) is 6.92 Å². The van der Waals surface area contributed by atoms with E-state index in [4.69, 9.17) is 16.3 Å². The summed E-state index contributed by atoms with van der Waals surface area (Å²) >= 11 is 6.31. The van der Waals surface area contributed by atoms with Gasteiger partial charge in [-0.2, -0.15) is 0 Å². The summed E-state index contributed by atoms with van der Waals surface area (Å²) in [6.07, 6.45) is 4.65. The first-order chi connectivity index (χ1) is 11.6. The highest BCUT2D eigenvalue weighted by Gasteiger charge is 2.25. The molecule has 7 heteroatoms. The van der Waals surface area contributed by atoms with Crippen LogP contribution in [0.15, 0.2) is 12.1 Å². The van der Waals surface area contributed by atoms with Gasteiger partial charge in [0.1, 0.15) is 5.82 Å². The molecule has 0 aliphatic heterocycles. The molecule has 2 heterocycles. The van der Waals surface area contributed by atoms with Crippen LogP contribution in [0.1, 0.15) is 53.3 Å². The van der Waals surface area contributed by atoms with E-state index in [-0.39, 0.29) is 5.97 Å². The third-order valence-electron chi connectivity index (χ3n) is 4.78. The number of aryl methyl sites for hydroxylation is 1. The quantitative estimate of drug-likeness (QED) is 0.663. The van der Waals surface area contributed by atoms with Crippen LogP contribution in [0.5, 0.6) is 0 Å². The van der Waals surface area contributed by atoms with Crippen molar-refractivity contribution in [2.75, 3.05) is 7.11 Å². The molecule has 124 valence electrons. The van der Waals surface area contributed by atoms with E-state index < -0.39 is 0 Å². The van der Waals surface area contributed by atoms with E-state index in [2.05, 4.69) is 15.2 Å². The van der Waals surface area contributed by atoms with Gasteiger partial charge in [0.15, 0.2) is 10.8 Å². The van der Waals surface area contributed by atoms with Crippen molar-refractivity contribution in [3.63, 3.8) is 0 Å². The Labute approximate surface area is 143 Å². The zero-order valence-corrected chi connectivity index (χ0v) is 14.3. The van der Waals surface area contributed by atoms with Crippen molar-refractivity contribution in [1.82, 2.24) is 19.6 Å². The van der Waals surface area contributed by atoms with Crippen LogP contribution >= 0.6 is 11.6 Å². The number of ether oxygens (including phenoxy) is 1. The number of benzene rings is 1. The molecule has 1 aromatic carbocycles. The molecule has 1 fully saturated rings. The van der Waals surface area contributed by atoms with E-state index in [1.807, 2.05) is 17.4 Å². The van der Waals surface area contributed by atoms with Crippen molar-refractivity contribution in [3.8, 4) is 0 Å². The third-order valence-corrected chi connectivity index (χ3v) is 5.03. The minimum absolute atomic E-state index is 0.291. The summed E-state index contributed by atoms with van der Waals surface area (Å²) in [5.41, 5.74) is 3.38. The summed E-state index contributed by atoms with van der Waals surface area (Å²) in [5.74, 6) is 0.941. The highest BCUT2D eigenvalue weighted by Crippen LogP contribution is 2.35. The van der Waals surface area contributed by atoms with Gasteiger partial charge in [-0.15, -0.1) is 10.2 Å². The number of rotatable bonds is 2. The maximum atomic E-state index is 11.9. The highest BCUT2D eigenvalue weighted by atomic mass is 35.5. The normalized spacial score (nSPS) is 15.5. The van der Waals surface area contributed by atoms with Crippen LogP contribution in [0.2, 0.25) is 5.15 Å². The second kappa shape index (κ2) is 5.70. The predicted octanol–water partition coefficient (Wildman–Crippen LogP) is 3.68. The molecular formula is C17H17ClN4O2. The van der Waals surface area contributed by atoms with Crippen molar-refractivity contribution in [2.45, 2.75) is 38.5 Å². The lowest BCUT2D eigenvalue weighted by Gasteiger charge is -2.12. The molecule has 0 unspecified atom stereocenters. The summed E-state index contributed by atoms with van der Waals surface area (Å²) in [6, 6.07) is 3.65. The second-order valence-corrected chi connectivity index (χ2v) is 6.61. The lowest BCUT2D eigenvalue weighted by atomic mass is 10.1. The SMILES string of the molecule is COC(=O)c1cc2nc(Cl)c3nnc(C4CCCC4)n3c2cc1C. The molecule has 4 rings (SSSR count). The fourth-order valence-electron chi connectivity index (χ4n) is 3.55. The third kappa shape index (κ3) is 2.24. The number of hydrogen-bond donors (Lipinski definition) is 0. The fraction of sp³-hybridized carbons (Fsp3) is 0.412. The predicted molar refractivity (Wildman–Crippen MR) is 90.6 cm³/mol. The van der Waals surface area contributed by atoms with Gasteiger partial charge in [0.2, 0.25) is 0 Å². The zero-order chi connectivity index (χ0) is 16.8. The Bertz CT molecular complexity index is 960. The Balaban J connectivity index is 2.03. The van der Waals surface area contributed by atoms with Crippen molar-refractivity contribution in [3.05, 3.63) is 34.2 Å². The molecule has 1 aliphatic rings. The van der Waals surface area contributed by atoms with Gasteiger partial charge in [-0.3, -0.25) is 4.40 Å². The topological polar surface area (TPSA) is 69.4 Å². The van der Waals surface area contributed by atoms with Gasteiger partial charge in [-0.1, -0.05) is 24.4 Å². The molecular weight excluding hydrogens is 328 g/mol. The van der Waals surface area contributed by atoms with Gasteiger partial charge in [-0.05, 0) is 37.5 Å². The zero-order valence-electron chi connectivity index (χ0n) is 13.5. The molecule has 0 saturated heterocycles. The standard InChI is InChI=1S/C17H17ClN4O2/c1-9-7-13-12(8-11(9)17(23)24-2)19-14(18)16-21-20-15(22(13)16)10-5-3-4-6-10/h7-8,10H,3-6H2,1-2H3. The van der Waals surface area contributed by atoms with Crippen molar-refractivity contribution < 1.29 is 9.53 Å². The van der Waals surface area contributed by atoms with Crippen molar-refractivity contribution >= 4 is 34.3 Å². The Kier molecular flexibility index (Phi) is 3.64. The van der Waals surface area contributed by atoms with E-state index in [1.165, 1.54) is 20.0 Å². The number of fused-ring (bicyclic) bond motifs is 3. The molecule has 24 heavy (non-hydrogen) atoms. The molecule has 6 nitrogen and oxygen atoms in total. The van der Waals surface area contributed by atoms with Gasteiger partial charge in [0.05, 0.1) is 23.7 Å². The van der Waals surface area contributed by atoms with E-state index in [0.29, 0.717) is 27.8 Å². The Morgan fingerprint density at radius 1 is 1.29 bits per heavy atom. The number of halogens is 1. The second-order valence-electron chi connectivity index (χ2n) is 6.25. The van der Waals surface area contributed by atoms with E-state index >= 15 is 0 Å². The first kappa shape index (κ1) is 15.3. The van der Waals surface area contributed by atoms with Crippen LogP contribution in [0.4, 0.5) is 0 Å². The summed E-state index contributed by atoms with van der Waals surface area (Å²) in [4.78, 5) is 16.3. The minimum atomic E-state index is -0.382. The minimum Gasteiger partial charge on any atom is -0.465 e. The molecule has 0 atom stereocenters. The molecule has 0 bridgehead atoms. The summed E-state index contributed by atoms with van der Waals surface area (Å²) < 4.78 is 6.84. The fourth-order valence-corrected chi connectivity index (χ4v) is 3.76. The van der Waals surface area contributed by atoms with Gasteiger partial charge in [-0.25, -0.2) is 9.78 Å². The van der Waals surface area contributed by atoms with E-state index in [9.17, 15) is 4.79 Å². The van der Waals surface area contributed by atoms with Gasteiger partial charge >= 0.3 is 5.97 Å². The smallest absolute Gasteiger partial charge is 0.338 e. The number of methoxy groups -OCH3 is 1. The molecule has 0 radical (unpaired) electrons. The van der Waals surface area contributed by atoms with E-state index in [1.54, 1.807) is 6.07 Å². The van der Waals surface area contributed by atoms with Gasteiger partial charge < -0.3 is 4.74 Å². The van der Waals surface area contributed by atoms with Gasteiger partial charge in [0, 0.05) is 5.92 Å². The van der Waals surface area contributed by atoms with Gasteiger partial charge in [0.25, 0.3) is 0 Å². The molecule has 1 saturated carbocycles. The number of carbonyl (C=O) groups excluding carboxylic acids is 1. The van der Waals surface area contributed by atoms with Crippen LogP contribution in [-0.4, -0.2) is 32.7 Å². The lowest BCUT2D eigenvalue weighted by molar-refractivity contribution is 0.0600. The van der Waals surface area contributed by atoms with Crippen molar-refractivity contribution in [2.24, 2.45) is 0 Å². The van der Waals surface area contributed by atoms with Crippen LogP contribution in [0.25, 0.3) is 16.7 Å². The summed E-state index contributed by atoms with van der Waals surface area (Å²) in [6.45, 7) is 1.88. The molecule has 2 aromatic heterocycles. The number of aromatic nitrogens is 4. The van der Waals surface area contributed by atoms with Crippen molar-refractivity contribution in [1.29, 1.82) is 0 Å². The molecule has 3 aromatic rings. The molecule has 1 aliphatic carbocycles. The van der Waals surface area contributed by atoms with E-state index in [0.717, 1.165) is 29.7 Å². The number of esters is 1. The first-order valence-corrected chi connectivity index (χ1v) is 8.41. The molecule has 0 amide bonds. The molecule has 0 spiro atoms. The monoisotopic (exact) mass is 344 g/mol. The maximum absolute atomic E-state index is 11.9. The van der Waals surface area contributed by atoms with Crippen LogP contribution in [-0.2, 0) is 4.74 Å². The Morgan fingerprint density at radius 2 is 2.04 bits per heavy atom. The largest absolute Gasteiger partial charge is 0.465 e. The van der Waals surface area contributed by atoms with Crippen LogP contribution in [0.3, 0.4) is 0 Å². The van der Waals surface area contributed by atoms with Crippen LogP contribution < -0.4 is 0 Å².